The lowest BCUT2D eigenvalue weighted by Crippen LogP contribution is -1.92. The zero-order valence-corrected chi connectivity index (χ0v) is 7.92. The minimum atomic E-state index is -1.06. The molecule has 1 N–H and O–H groups in total. The van der Waals surface area contributed by atoms with Crippen molar-refractivity contribution >= 4 is 0 Å². The van der Waals surface area contributed by atoms with Crippen LogP contribution in [-0.4, -0.2) is 5.11 Å². The molecule has 0 amide bonds. The van der Waals surface area contributed by atoms with E-state index in [1.54, 1.807) is 24.5 Å². The fourth-order valence-corrected chi connectivity index (χ4v) is 1.35. The van der Waals surface area contributed by atoms with Gasteiger partial charge in [-0.2, -0.15) is 5.26 Å². The third-order valence-corrected chi connectivity index (χ3v) is 2.15. The molecule has 1 aromatic carbocycles. The predicted octanol–water partition coefficient (Wildman–Crippen LogP) is 2.50. The molecular weight excluding hydrogens is 190 g/mol. The zero-order valence-electron chi connectivity index (χ0n) is 7.92. The highest BCUT2D eigenvalue weighted by atomic mass is 16.3. The maximum absolute atomic E-state index is 9.27. The molecule has 1 heterocycles. The van der Waals surface area contributed by atoms with Gasteiger partial charge < -0.3 is 9.52 Å². The number of aliphatic hydroxyl groups is 1. The normalized spacial score (nSPS) is 12.0. The van der Waals surface area contributed by atoms with Gasteiger partial charge in [0.15, 0.2) is 6.10 Å². The fourth-order valence-electron chi connectivity index (χ4n) is 1.35. The highest BCUT2D eigenvalue weighted by Gasteiger charge is 2.06. The van der Waals surface area contributed by atoms with E-state index < -0.39 is 6.10 Å². The Hall–Kier alpha value is -2.05. The van der Waals surface area contributed by atoms with Gasteiger partial charge in [0.25, 0.3) is 0 Å². The third kappa shape index (κ3) is 1.90. The molecule has 15 heavy (non-hydrogen) atoms. The molecule has 2 rings (SSSR count). The number of hydrogen-bond acceptors (Lipinski definition) is 3. The van der Waals surface area contributed by atoms with Crippen molar-refractivity contribution in [2.75, 3.05) is 0 Å². The number of furan rings is 1. The Morgan fingerprint density at radius 2 is 1.93 bits per heavy atom. The number of hydrogen-bond donors (Lipinski definition) is 1. The van der Waals surface area contributed by atoms with E-state index in [9.17, 15) is 5.11 Å². The summed E-state index contributed by atoms with van der Waals surface area (Å²) < 4.78 is 5.22. The Labute approximate surface area is 87.2 Å². The van der Waals surface area contributed by atoms with Gasteiger partial charge in [0, 0.05) is 5.56 Å². The van der Waals surface area contributed by atoms with Crippen LogP contribution < -0.4 is 0 Å². The topological polar surface area (TPSA) is 57.2 Å². The summed E-state index contributed by atoms with van der Waals surface area (Å²) in [6.07, 6.45) is 0.545. The number of rotatable bonds is 2. The molecule has 0 radical (unpaired) electrons. The van der Waals surface area contributed by atoms with E-state index in [4.69, 9.17) is 9.68 Å². The Balaban J connectivity index is 2.30. The molecule has 0 bridgehead atoms. The highest BCUT2D eigenvalue weighted by molar-refractivity contribution is 5.57. The van der Waals surface area contributed by atoms with Crippen molar-refractivity contribution < 1.29 is 9.52 Å². The Morgan fingerprint density at radius 3 is 2.47 bits per heavy atom. The first-order valence-corrected chi connectivity index (χ1v) is 4.53. The summed E-state index contributed by atoms with van der Waals surface area (Å²) in [5, 5.41) is 17.8. The molecular formula is C12H9NO2. The molecule has 0 saturated heterocycles. The van der Waals surface area contributed by atoms with Crippen LogP contribution in [0.5, 0.6) is 0 Å². The van der Waals surface area contributed by atoms with Gasteiger partial charge in [-0.25, -0.2) is 0 Å². The largest absolute Gasteiger partial charge is 0.464 e. The van der Waals surface area contributed by atoms with Gasteiger partial charge in [-0.05, 0) is 17.7 Å². The van der Waals surface area contributed by atoms with E-state index in [0.717, 1.165) is 11.3 Å². The monoisotopic (exact) mass is 199 g/mol. The summed E-state index contributed by atoms with van der Waals surface area (Å²) in [5.74, 6) is 0.771. The lowest BCUT2D eigenvalue weighted by Gasteiger charge is -2.02. The van der Waals surface area contributed by atoms with Crippen molar-refractivity contribution in [1.29, 1.82) is 5.26 Å². The van der Waals surface area contributed by atoms with Crippen LogP contribution in [0.3, 0.4) is 0 Å². The summed E-state index contributed by atoms with van der Waals surface area (Å²) in [5.41, 5.74) is 1.52. The van der Waals surface area contributed by atoms with E-state index in [-0.39, 0.29) is 0 Å². The number of nitrogens with zero attached hydrogens (tertiary/aromatic N) is 1. The van der Waals surface area contributed by atoms with Crippen LogP contribution in [0.15, 0.2) is 47.1 Å². The van der Waals surface area contributed by atoms with Gasteiger partial charge in [-0.3, -0.25) is 0 Å². The van der Waals surface area contributed by atoms with Crippen LogP contribution in [0.4, 0.5) is 0 Å². The molecule has 0 aliphatic heterocycles. The highest BCUT2D eigenvalue weighted by Crippen LogP contribution is 2.21. The second-order valence-corrected chi connectivity index (χ2v) is 3.13. The Bertz CT molecular complexity index is 465. The first-order chi connectivity index (χ1) is 7.31. The van der Waals surface area contributed by atoms with Crippen molar-refractivity contribution in [3.63, 3.8) is 0 Å². The Morgan fingerprint density at radius 1 is 1.20 bits per heavy atom. The van der Waals surface area contributed by atoms with E-state index in [2.05, 4.69) is 0 Å². The fraction of sp³-hybridized carbons (Fsp3) is 0.0833. The molecule has 3 nitrogen and oxygen atoms in total. The van der Waals surface area contributed by atoms with Gasteiger partial charge in [0.2, 0.25) is 0 Å². The van der Waals surface area contributed by atoms with Crippen molar-refractivity contribution in [3.8, 4) is 17.4 Å². The maximum Gasteiger partial charge on any atom is 0.165 e. The van der Waals surface area contributed by atoms with Crippen LogP contribution in [0.2, 0.25) is 0 Å². The van der Waals surface area contributed by atoms with Crippen molar-refractivity contribution in [2.24, 2.45) is 0 Å². The van der Waals surface area contributed by atoms with Gasteiger partial charge in [-0.15, -0.1) is 0 Å². The molecule has 74 valence electrons. The summed E-state index contributed by atoms with van der Waals surface area (Å²) in [4.78, 5) is 0. The minimum absolute atomic E-state index is 0.591. The summed E-state index contributed by atoms with van der Waals surface area (Å²) >= 11 is 0. The molecule has 3 heteroatoms. The molecule has 1 atom stereocenters. The molecule has 0 saturated carbocycles. The van der Waals surface area contributed by atoms with Crippen molar-refractivity contribution in [3.05, 3.63) is 48.2 Å². The molecule has 1 unspecified atom stereocenters. The van der Waals surface area contributed by atoms with Gasteiger partial charge >= 0.3 is 0 Å². The SMILES string of the molecule is N#CC(O)c1ccc(-c2ccco2)cc1. The first-order valence-electron chi connectivity index (χ1n) is 4.53. The predicted molar refractivity (Wildman–Crippen MR) is 54.7 cm³/mol. The number of nitriles is 1. The van der Waals surface area contributed by atoms with E-state index in [0.29, 0.717) is 5.56 Å². The number of aliphatic hydroxyl groups excluding tert-OH is 1. The molecule has 0 aliphatic rings. The second-order valence-electron chi connectivity index (χ2n) is 3.13. The quantitative estimate of drug-likeness (QED) is 0.756. The summed E-state index contributed by atoms with van der Waals surface area (Å²) in [6.45, 7) is 0. The van der Waals surface area contributed by atoms with Crippen LogP contribution >= 0.6 is 0 Å². The smallest absolute Gasteiger partial charge is 0.165 e. The molecule has 2 aromatic rings. The van der Waals surface area contributed by atoms with Crippen molar-refractivity contribution in [2.45, 2.75) is 6.10 Å². The van der Waals surface area contributed by atoms with Crippen LogP contribution in [-0.2, 0) is 0 Å². The van der Waals surface area contributed by atoms with E-state index in [1.807, 2.05) is 24.3 Å². The third-order valence-electron chi connectivity index (χ3n) is 2.15. The lowest BCUT2D eigenvalue weighted by atomic mass is 10.1. The second kappa shape index (κ2) is 3.99. The molecule has 1 aromatic heterocycles. The van der Waals surface area contributed by atoms with Gasteiger partial charge in [0.05, 0.1) is 12.3 Å². The molecule has 0 aliphatic carbocycles. The number of benzene rings is 1. The van der Waals surface area contributed by atoms with Crippen LogP contribution in [0.25, 0.3) is 11.3 Å². The minimum Gasteiger partial charge on any atom is -0.464 e. The average molecular weight is 199 g/mol. The summed E-state index contributed by atoms with van der Waals surface area (Å²) in [7, 11) is 0. The average Bonchev–Trinajstić information content (AvgIpc) is 2.82. The van der Waals surface area contributed by atoms with Crippen LogP contribution in [0.1, 0.15) is 11.7 Å². The standard InChI is InChI=1S/C12H9NO2/c13-8-11(14)9-3-5-10(6-4-9)12-2-1-7-15-12/h1-7,11,14H. The Kier molecular flexibility index (Phi) is 2.53. The lowest BCUT2D eigenvalue weighted by molar-refractivity contribution is 0.236. The zero-order chi connectivity index (χ0) is 10.7. The molecule has 0 fully saturated rings. The van der Waals surface area contributed by atoms with Crippen LogP contribution in [0, 0.1) is 11.3 Å². The maximum atomic E-state index is 9.27. The van der Waals surface area contributed by atoms with E-state index in [1.165, 1.54) is 0 Å². The summed E-state index contributed by atoms with van der Waals surface area (Å²) in [6, 6.07) is 12.5. The van der Waals surface area contributed by atoms with Crippen molar-refractivity contribution in [1.82, 2.24) is 0 Å². The first kappa shape index (κ1) is 9.50. The van der Waals surface area contributed by atoms with E-state index >= 15 is 0 Å². The van der Waals surface area contributed by atoms with Gasteiger partial charge in [0.1, 0.15) is 5.76 Å². The molecule has 0 spiro atoms. The van der Waals surface area contributed by atoms with Gasteiger partial charge in [-0.1, -0.05) is 24.3 Å².